The van der Waals surface area contributed by atoms with Gasteiger partial charge in [-0.2, -0.15) is 4.31 Å². The molecule has 1 N–H and O–H groups in total. The van der Waals surface area contributed by atoms with Gasteiger partial charge in [-0.15, -0.1) is 0 Å². The minimum absolute atomic E-state index is 0.0120. The van der Waals surface area contributed by atoms with E-state index in [1.54, 1.807) is 4.31 Å². The van der Waals surface area contributed by atoms with E-state index in [1.807, 2.05) is 0 Å². The maximum Gasteiger partial charge on any atom is 0.224 e. The molecule has 0 spiro atoms. The Bertz CT molecular complexity index is 481. The molecule has 0 bridgehead atoms. The van der Waals surface area contributed by atoms with E-state index < -0.39 is 10.0 Å². The third kappa shape index (κ3) is 3.79. The quantitative estimate of drug-likeness (QED) is 0.791. The normalized spacial score (nSPS) is 25.2. The zero-order chi connectivity index (χ0) is 14.8. The molecule has 1 atom stereocenters. The van der Waals surface area contributed by atoms with Gasteiger partial charge in [-0.05, 0) is 19.3 Å². The molecule has 0 unspecified atom stereocenters. The van der Waals surface area contributed by atoms with Gasteiger partial charge in [0, 0.05) is 32.0 Å². The number of rotatable bonds is 5. The van der Waals surface area contributed by atoms with Gasteiger partial charge in [-0.1, -0.05) is 6.42 Å². The number of nitrogens with one attached hydrogen (secondary N) is 1. The molecule has 1 amide bonds. The Morgan fingerprint density at radius 1 is 1.35 bits per heavy atom. The standard InChI is InChI=1S/C13H22N2O4S/c1-20(18,19)15-7-3-2-4-11(15)5-6-14-13(17)10-8-12(16)9-10/h10-11H,2-9H2,1H3,(H,14,17)/t11-/m0/s1. The fourth-order valence-electron chi connectivity index (χ4n) is 2.88. The molecule has 20 heavy (non-hydrogen) atoms. The van der Waals surface area contributed by atoms with Crippen molar-refractivity contribution < 1.29 is 18.0 Å². The number of nitrogens with zero attached hydrogens (tertiary/aromatic N) is 1. The van der Waals surface area contributed by atoms with E-state index >= 15 is 0 Å². The van der Waals surface area contributed by atoms with Gasteiger partial charge in [0.25, 0.3) is 0 Å². The van der Waals surface area contributed by atoms with E-state index in [4.69, 9.17) is 0 Å². The topological polar surface area (TPSA) is 83.6 Å². The fourth-order valence-corrected chi connectivity index (χ4v) is 4.09. The zero-order valence-corrected chi connectivity index (χ0v) is 12.6. The fraction of sp³-hybridized carbons (Fsp3) is 0.846. The van der Waals surface area contributed by atoms with Gasteiger partial charge in [0.05, 0.1) is 12.2 Å². The van der Waals surface area contributed by atoms with Crippen LogP contribution in [0.15, 0.2) is 0 Å². The van der Waals surface area contributed by atoms with Crippen molar-refractivity contribution in [3.63, 3.8) is 0 Å². The largest absolute Gasteiger partial charge is 0.356 e. The number of sulfonamides is 1. The molecule has 0 aromatic carbocycles. The highest BCUT2D eigenvalue weighted by Gasteiger charge is 2.33. The van der Waals surface area contributed by atoms with E-state index in [2.05, 4.69) is 5.32 Å². The highest BCUT2D eigenvalue weighted by molar-refractivity contribution is 7.88. The number of hydrogen-bond donors (Lipinski definition) is 1. The van der Waals surface area contributed by atoms with Crippen LogP contribution in [0, 0.1) is 5.92 Å². The molecular weight excluding hydrogens is 280 g/mol. The summed E-state index contributed by atoms with van der Waals surface area (Å²) in [5, 5.41) is 2.81. The van der Waals surface area contributed by atoms with Crippen molar-refractivity contribution >= 4 is 21.7 Å². The average molecular weight is 302 g/mol. The lowest BCUT2D eigenvalue weighted by Gasteiger charge is -2.34. The van der Waals surface area contributed by atoms with Crippen molar-refractivity contribution in [3.05, 3.63) is 0 Å². The Kier molecular flexibility index (Phi) is 4.80. The molecule has 2 fully saturated rings. The highest BCUT2D eigenvalue weighted by Crippen LogP contribution is 2.24. The number of hydrogen-bond acceptors (Lipinski definition) is 4. The summed E-state index contributed by atoms with van der Waals surface area (Å²) < 4.78 is 24.9. The maximum absolute atomic E-state index is 11.7. The van der Waals surface area contributed by atoms with Gasteiger partial charge in [-0.3, -0.25) is 9.59 Å². The Hall–Kier alpha value is -0.950. The average Bonchev–Trinajstić information content (AvgIpc) is 2.34. The van der Waals surface area contributed by atoms with Gasteiger partial charge in [-0.25, -0.2) is 8.42 Å². The first-order valence-electron chi connectivity index (χ1n) is 7.14. The van der Waals surface area contributed by atoms with Crippen LogP contribution in [0.1, 0.15) is 38.5 Å². The molecule has 0 aromatic heterocycles. The van der Waals surface area contributed by atoms with Crippen molar-refractivity contribution in [2.75, 3.05) is 19.3 Å². The highest BCUT2D eigenvalue weighted by atomic mass is 32.2. The molecule has 2 rings (SSSR count). The first kappa shape index (κ1) is 15.4. The maximum atomic E-state index is 11.7. The molecule has 1 aliphatic heterocycles. The van der Waals surface area contributed by atoms with Gasteiger partial charge < -0.3 is 5.32 Å². The van der Waals surface area contributed by atoms with Crippen molar-refractivity contribution in [1.29, 1.82) is 0 Å². The summed E-state index contributed by atoms with van der Waals surface area (Å²) in [6.07, 6.45) is 5.37. The summed E-state index contributed by atoms with van der Waals surface area (Å²) in [5.74, 6) is -0.105. The van der Waals surface area contributed by atoms with Crippen molar-refractivity contribution in [3.8, 4) is 0 Å². The zero-order valence-electron chi connectivity index (χ0n) is 11.8. The SMILES string of the molecule is CS(=O)(=O)N1CCCC[C@H]1CCNC(=O)C1CC(=O)C1. The van der Waals surface area contributed by atoms with Crippen LogP contribution in [0.25, 0.3) is 0 Å². The third-order valence-electron chi connectivity index (χ3n) is 4.09. The molecule has 0 aromatic rings. The lowest BCUT2D eigenvalue weighted by atomic mass is 9.83. The van der Waals surface area contributed by atoms with Crippen LogP contribution in [0.3, 0.4) is 0 Å². The number of carbonyl (C=O) groups is 2. The summed E-state index contributed by atoms with van der Waals surface area (Å²) >= 11 is 0. The Morgan fingerprint density at radius 3 is 2.65 bits per heavy atom. The number of amides is 1. The Balaban J connectivity index is 1.77. The van der Waals surface area contributed by atoms with Crippen LogP contribution in [0.2, 0.25) is 0 Å². The Labute approximate surface area is 120 Å². The van der Waals surface area contributed by atoms with E-state index in [0.717, 1.165) is 19.3 Å². The Morgan fingerprint density at radius 2 is 2.05 bits per heavy atom. The first-order chi connectivity index (χ1) is 9.38. The molecule has 7 heteroatoms. The molecule has 1 saturated heterocycles. The van der Waals surface area contributed by atoms with E-state index in [1.165, 1.54) is 6.26 Å². The molecule has 2 aliphatic rings. The van der Waals surface area contributed by atoms with E-state index in [-0.39, 0.29) is 23.7 Å². The van der Waals surface area contributed by atoms with Crippen LogP contribution >= 0.6 is 0 Å². The van der Waals surface area contributed by atoms with Crippen LogP contribution < -0.4 is 5.32 Å². The van der Waals surface area contributed by atoms with Gasteiger partial charge >= 0.3 is 0 Å². The summed E-state index contributed by atoms with van der Waals surface area (Å²) in [6.45, 7) is 1.05. The summed E-state index contributed by atoms with van der Waals surface area (Å²) in [5.41, 5.74) is 0. The predicted octanol–water partition coefficient (Wildman–Crippen LogP) is 0.286. The lowest BCUT2D eigenvalue weighted by Crippen LogP contribution is -2.45. The van der Waals surface area contributed by atoms with Crippen molar-refractivity contribution in [2.24, 2.45) is 5.92 Å². The molecule has 114 valence electrons. The minimum atomic E-state index is -3.17. The molecule has 1 aliphatic carbocycles. The second-order valence-corrected chi connectivity index (χ2v) is 7.68. The third-order valence-corrected chi connectivity index (χ3v) is 5.43. The second kappa shape index (κ2) is 6.22. The van der Waals surface area contributed by atoms with Crippen LogP contribution in [-0.4, -0.2) is 49.8 Å². The van der Waals surface area contributed by atoms with Gasteiger partial charge in [0.1, 0.15) is 5.78 Å². The van der Waals surface area contributed by atoms with Gasteiger partial charge in [0.2, 0.25) is 15.9 Å². The number of piperidine rings is 1. The molecule has 1 heterocycles. The summed E-state index contributed by atoms with van der Waals surface area (Å²) in [6, 6.07) is -0.0120. The minimum Gasteiger partial charge on any atom is -0.356 e. The molecular formula is C13H22N2O4S. The lowest BCUT2D eigenvalue weighted by molar-refractivity contribution is -0.138. The van der Waals surface area contributed by atoms with Crippen molar-refractivity contribution in [1.82, 2.24) is 9.62 Å². The van der Waals surface area contributed by atoms with Crippen LogP contribution in [0.4, 0.5) is 0 Å². The predicted molar refractivity (Wildman–Crippen MR) is 74.5 cm³/mol. The van der Waals surface area contributed by atoms with E-state index in [9.17, 15) is 18.0 Å². The van der Waals surface area contributed by atoms with E-state index in [0.29, 0.717) is 32.4 Å². The molecule has 6 nitrogen and oxygen atoms in total. The van der Waals surface area contributed by atoms with Crippen LogP contribution in [0.5, 0.6) is 0 Å². The number of Topliss-reactive ketones (excluding diaryl/α,β-unsaturated/α-hetero) is 1. The van der Waals surface area contributed by atoms with Gasteiger partial charge in [0.15, 0.2) is 0 Å². The monoisotopic (exact) mass is 302 g/mol. The number of carbonyl (C=O) groups excluding carboxylic acids is 2. The van der Waals surface area contributed by atoms with Crippen LogP contribution in [-0.2, 0) is 19.6 Å². The summed E-state index contributed by atoms with van der Waals surface area (Å²) in [4.78, 5) is 22.5. The molecule has 1 saturated carbocycles. The first-order valence-corrected chi connectivity index (χ1v) is 8.99. The smallest absolute Gasteiger partial charge is 0.224 e. The summed E-state index contributed by atoms with van der Waals surface area (Å²) in [7, 11) is -3.17. The van der Waals surface area contributed by atoms with Crippen molar-refractivity contribution in [2.45, 2.75) is 44.6 Å². The number of ketones is 1. The second-order valence-electron chi connectivity index (χ2n) is 5.75. The molecule has 0 radical (unpaired) electrons.